The minimum absolute atomic E-state index is 0.00243. The molecule has 1 aromatic rings. The molecule has 1 saturated heterocycles. The van der Waals surface area contributed by atoms with E-state index in [1.807, 2.05) is 0 Å². The van der Waals surface area contributed by atoms with Crippen LogP contribution >= 0.6 is 15.9 Å². The highest BCUT2D eigenvalue weighted by Crippen LogP contribution is 2.34. The molecule has 0 amide bonds. The molecule has 5 nitrogen and oxygen atoms in total. The third kappa shape index (κ3) is 2.95. The van der Waals surface area contributed by atoms with Gasteiger partial charge in [0.1, 0.15) is 6.61 Å². The van der Waals surface area contributed by atoms with Gasteiger partial charge >= 0.3 is 5.69 Å². The lowest BCUT2D eigenvalue weighted by Crippen LogP contribution is -2.28. The summed E-state index contributed by atoms with van der Waals surface area (Å²) >= 11 is 3.28. The van der Waals surface area contributed by atoms with E-state index in [1.165, 1.54) is 6.07 Å². The molecule has 17 heavy (non-hydrogen) atoms. The number of rotatable bonds is 4. The van der Waals surface area contributed by atoms with Crippen molar-refractivity contribution in [3.63, 3.8) is 0 Å². The summed E-state index contributed by atoms with van der Waals surface area (Å²) in [6.45, 7) is 1.45. The van der Waals surface area contributed by atoms with Crippen LogP contribution in [0.3, 0.4) is 0 Å². The van der Waals surface area contributed by atoms with Crippen molar-refractivity contribution < 1.29 is 9.66 Å². The molecule has 1 N–H and O–H groups in total. The molecule has 1 heterocycles. The van der Waals surface area contributed by atoms with E-state index in [9.17, 15) is 10.1 Å². The molecule has 92 valence electrons. The van der Waals surface area contributed by atoms with Gasteiger partial charge in [-0.25, -0.2) is 0 Å². The van der Waals surface area contributed by atoms with Gasteiger partial charge in [0.2, 0.25) is 5.75 Å². The highest BCUT2D eigenvalue weighted by molar-refractivity contribution is 9.10. The summed E-state index contributed by atoms with van der Waals surface area (Å²) in [5, 5.41) is 14.1. The van der Waals surface area contributed by atoms with Crippen LogP contribution in [0.1, 0.15) is 12.8 Å². The zero-order valence-corrected chi connectivity index (χ0v) is 10.8. The summed E-state index contributed by atoms with van der Waals surface area (Å²) in [6, 6.07) is 5.11. The standard InChI is InChI=1S/C11H13BrN2O3/c12-9-4-1-5-10(14(15)16)11(9)17-7-8-3-2-6-13-8/h1,4-5,8,13H,2-3,6-7H2/t8-/m1/s1. The summed E-state index contributed by atoms with van der Waals surface area (Å²) in [6.07, 6.45) is 2.18. The van der Waals surface area contributed by atoms with E-state index in [0.29, 0.717) is 22.9 Å². The fourth-order valence-electron chi connectivity index (χ4n) is 1.87. The minimum atomic E-state index is -0.428. The molecule has 1 aromatic carbocycles. The fourth-order valence-corrected chi connectivity index (χ4v) is 2.34. The maximum atomic E-state index is 10.9. The van der Waals surface area contributed by atoms with E-state index in [1.54, 1.807) is 12.1 Å². The van der Waals surface area contributed by atoms with Crippen LogP contribution in [0, 0.1) is 10.1 Å². The Morgan fingerprint density at radius 1 is 1.59 bits per heavy atom. The molecule has 0 radical (unpaired) electrons. The number of ether oxygens (including phenoxy) is 1. The number of nitrogens with zero attached hydrogens (tertiary/aromatic N) is 1. The predicted molar refractivity (Wildman–Crippen MR) is 67.3 cm³/mol. The first-order chi connectivity index (χ1) is 8.18. The van der Waals surface area contributed by atoms with Gasteiger partial charge in [-0.15, -0.1) is 0 Å². The van der Waals surface area contributed by atoms with E-state index in [0.717, 1.165) is 19.4 Å². The SMILES string of the molecule is O=[N+]([O-])c1cccc(Br)c1OC[C@H]1CCCN1. The summed E-state index contributed by atoms with van der Waals surface area (Å²) in [5.74, 6) is 0.311. The third-order valence-electron chi connectivity index (χ3n) is 2.73. The quantitative estimate of drug-likeness (QED) is 0.685. The van der Waals surface area contributed by atoms with Crippen LogP contribution in [-0.2, 0) is 0 Å². The zero-order chi connectivity index (χ0) is 12.3. The van der Waals surface area contributed by atoms with Crippen molar-refractivity contribution in [2.45, 2.75) is 18.9 Å². The molecule has 0 aromatic heterocycles. The topological polar surface area (TPSA) is 64.4 Å². The Labute approximate surface area is 107 Å². The normalized spacial score (nSPS) is 19.2. The second kappa shape index (κ2) is 5.46. The van der Waals surface area contributed by atoms with Crippen molar-refractivity contribution in [1.29, 1.82) is 0 Å². The molecule has 1 fully saturated rings. The van der Waals surface area contributed by atoms with Crippen LogP contribution in [0.25, 0.3) is 0 Å². The molecule has 0 bridgehead atoms. The maximum absolute atomic E-state index is 10.9. The Morgan fingerprint density at radius 3 is 3.06 bits per heavy atom. The molecule has 2 rings (SSSR count). The number of benzene rings is 1. The van der Waals surface area contributed by atoms with Gasteiger partial charge in [-0.05, 0) is 41.4 Å². The first-order valence-corrected chi connectivity index (χ1v) is 6.27. The van der Waals surface area contributed by atoms with Crippen molar-refractivity contribution in [1.82, 2.24) is 5.32 Å². The molecular weight excluding hydrogens is 288 g/mol. The largest absolute Gasteiger partial charge is 0.484 e. The van der Waals surface area contributed by atoms with Gasteiger partial charge < -0.3 is 10.1 Å². The monoisotopic (exact) mass is 300 g/mol. The van der Waals surface area contributed by atoms with Crippen LogP contribution in [-0.4, -0.2) is 24.1 Å². The number of nitro groups is 1. The van der Waals surface area contributed by atoms with Crippen LogP contribution in [0.4, 0.5) is 5.69 Å². The van der Waals surface area contributed by atoms with E-state index < -0.39 is 4.92 Å². The van der Waals surface area contributed by atoms with Crippen molar-refractivity contribution in [2.24, 2.45) is 0 Å². The van der Waals surface area contributed by atoms with Gasteiger partial charge in [-0.2, -0.15) is 0 Å². The average Bonchev–Trinajstić information content (AvgIpc) is 2.80. The third-order valence-corrected chi connectivity index (χ3v) is 3.36. The number of hydrogen-bond acceptors (Lipinski definition) is 4. The van der Waals surface area contributed by atoms with Crippen LogP contribution in [0.15, 0.2) is 22.7 Å². The number of hydrogen-bond donors (Lipinski definition) is 1. The second-order valence-electron chi connectivity index (χ2n) is 3.95. The number of halogens is 1. The first kappa shape index (κ1) is 12.3. The fraction of sp³-hybridized carbons (Fsp3) is 0.455. The van der Waals surface area contributed by atoms with Crippen molar-refractivity contribution in [3.05, 3.63) is 32.8 Å². The molecule has 0 spiro atoms. The molecule has 1 aliphatic heterocycles. The molecule has 1 aliphatic rings. The van der Waals surface area contributed by atoms with Crippen molar-refractivity contribution in [3.8, 4) is 5.75 Å². The highest BCUT2D eigenvalue weighted by atomic mass is 79.9. The van der Waals surface area contributed by atoms with E-state index >= 15 is 0 Å². The lowest BCUT2D eigenvalue weighted by atomic mass is 10.2. The van der Waals surface area contributed by atoms with Gasteiger partial charge in [0, 0.05) is 12.1 Å². The maximum Gasteiger partial charge on any atom is 0.312 e. The molecule has 0 unspecified atom stereocenters. The zero-order valence-electron chi connectivity index (χ0n) is 9.19. The van der Waals surface area contributed by atoms with Crippen molar-refractivity contribution in [2.75, 3.05) is 13.2 Å². The predicted octanol–water partition coefficient (Wildman–Crippen LogP) is 2.49. The molecule has 1 atom stereocenters. The Hall–Kier alpha value is -1.14. The van der Waals surface area contributed by atoms with Gasteiger partial charge in [-0.3, -0.25) is 10.1 Å². The minimum Gasteiger partial charge on any atom is -0.484 e. The Balaban J connectivity index is 2.10. The smallest absolute Gasteiger partial charge is 0.312 e. The van der Waals surface area contributed by atoms with Gasteiger partial charge in [-0.1, -0.05) is 6.07 Å². The summed E-state index contributed by atoms with van der Waals surface area (Å²) in [4.78, 5) is 10.4. The van der Waals surface area contributed by atoms with E-state index in [-0.39, 0.29) is 5.69 Å². The van der Waals surface area contributed by atoms with E-state index in [2.05, 4.69) is 21.2 Å². The summed E-state index contributed by atoms with van der Waals surface area (Å²) < 4.78 is 6.18. The molecule has 0 aliphatic carbocycles. The van der Waals surface area contributed by atoms with Gasteiger partial charge in [0.15, 0.2) is 0 Å². The molecular formula is C11H13BrN2O3. The highest BCUT2D eigenvalue weighted by Gasteiger charge is 2.20. The Morgan fingerprint density at radius 2 is 2.41 bits per heavy atom. The second-order valence-corrected chi connectivity index (χ2v) is 4.80. The van der Waals surface area contributed by atoms with Crippen LogP contribution < -0.4 is 10.1 Å². The van der Waals surface area contributed by atoms with Crippen LogP contribution in [0.5, 0.6) is 5.75 Å². The molecule has 6 heteroatoms. The number of nitro benzene ring substituents is 1. The lowest BCUT2D eigenvalue weighted by Gasteiger charge is -2.13. The van der Waals surface area contributed by atoms with Gasteiger partial charge in [0.25, 0.3) is 0 Å². The average molecular weight is 301 g/mol. The Kier molecular flexibility index (Phi) is 3.96. The Bertz CT molecular complexity index is 419. The summed E-state index contributed by atoms with van der Waals surface area (Å²) in [7, 11) is 0. The van der Waals surface area contributed by atoms with E-state index in [4.69, 9.17) is 4.74 Å². The molecule has 0 saturated carbocycles. The first-order valence-electron chi connectivity index (χ1n) is 5.47. The lowest BCUT2D eigenvalue weighted by molar-refractivity contribution is -0.386. The number of para-hydroxylation sites is 1. The van der Waals surface area contributed by atoms with Crippen LogP contribution in [0.2, 0.25) is 0 Å². The number of nitrogens with one attached hydrogen (secondary N) is 1. The summed E-state index contributed by atoms with van der Waals surface area (Å²) in [5.41, 5.74) is -0.00243. The van der Waals surface area contributed by atoms with Gasteiger partial charge in [0.05, 0.1) is 9.40 Å². The van der Waals surface area contributed by atoms with Crippen molar-refractivity contribution >= 4 is 21.6 Å².